The van der Waals surface area contributed by atoms with Crippen molar-refractivity contribution in [3.63, 3.8) is 0 Å². The van der Waals surface area contributed by atoms with Crippen LogP contribution in [0.3, 0.4) is 0 Å². The molecule has 0 amide bonds. The van der Waals surface area contributed by atoms with Crippen LogP contribution >= 0.6 is 11.3 Å². The molecule has 3 nitrogen and oxygen atoms in total. The number of aromatic nitrogens is 2. The first-order chi connectivity index (χ1) is 11.8. The molecule has 0 saturated carbocycles. The molecule has 0 N–H and O–H groups in total. The van der Waals surface area contributed by atoms with Crippen LogP contribution in [0.25, 0.3) is 16.9 Å². The lowest BCUT2D eigenvalue weighted by Gasteiger charge is -2.00. The topological polar surface area (TPSA) is 34.9 Å². The second kappa shape index (κ2) is 6.26. The number of thiophene rings is 1. The number of rotatable bonds is 4. The van der Waals surface area contributed by atoms with Crippen molar-refractivity contribution in [1.82, 2.24) is 9.78 Å². The van der Waals surface area contributed by atoms with Crippen LogP contribution in [0.5, 0.6) is 0 Å². The van der Waals surface area contributed by atoms with Crippen molar-refractivity contribution in [3.8, 4) is 16.9 Å². The van der Waals surface area contributed by atoms with Gasteiger partial charge in [0.25, 0.3) is 0 Å². The van der Waals surface area contributed by atoms with Crippen LogP contribution in [0.4, 0.5) is 0 Å². The number of hydrogen-bond acceptors (Lipinski definition) is 3. The van der Waals surface area contributed by atoms with Crippen LogP contribution in [0, 0.1) is 0 Å². The van der Waals surface area contributed by atoms with Crippen molar-refractivity contribution in [3.05, 3.63) is 94.8 Å². The van der Waals surface area contributed by atoms with Crippen molar-refractivity contribution in [2.24, 2.45) is 0 Å². The Balaban J connectivity index is 1.88. The van der Waals surface area contributed by atoms with E-state index >= 15 is 0 Å². The van der Waals surface area contributed by atoms with Gasteiger partial charge in [-0.3, -0.25) is 4.79 Å². The highest BCUT2D eigenvalue weighted by atomic mass is 32.1. The highest BCUT2D eigenvalue weighted by Crippen LogP contribution is 2.27. The summed E-state index contributed by atoms with van der Waals surface area (Å²) >= 11 is 1.45. The minimum atomic E-state index is 0.00559. The van der Waals surface area contributed by atoms with Crippen molar-refractivity contribution >= 4 is 17.1 Å². The van der Waals surface area contributed by atoms with Crippen LogP contribution in [-0.2, 0) is 0 Å². The Morgan fingerprint density at radius 2 is 1.58 bits per heavy atom. The molecular formula is C20H14N2OS. The van der Waals surface area contributed by atoms with Crippen molar-refractivity contribution in [2.75, 3.05) is 0 Å². The maximum absolute atomic E-state index is 12.9. The van der Waals surface area contributed by atoms with Crippen LogP contribution in [0.15, 0.2) is 84.4 Å². The van der Waals surface area contributed by atoms with Crippen molar-refractivity contribution in [2.45, 2.75) is 0 Å². The molecule has 0 unspecified atom stereocenters. The Labute approximate surface area is 143 Å². The maximum atomic E-state index is 12.9. The molecule has 0 aliphatic carbocycles. The minimum absolute atomic E-state index is 0.00559. The summed E-state index contributed by atoms with van der Waals surface area (Å²) in [7, 11) is 0. The predicted octanol–water partition coefficient (Wildman–Crippen LogP) is 4.83. The maximum Gasteiger partial charge on any atom is 0.206 e. The van der Waals surface area contributed by atoms with Crippen LogP contribution < -0.4 is 0 Å². The number of nitrogens with zero attached hydrogens (tertiary/aromatic N) is 2. The number of ketones is 1. The second-order valence-corrected chi connectivity index (χ2v) is 6.29. The van der Waals surface area contributed by atoms with Crippen molar-refractivity contribution < 1.29 is 4.79 Å². The van der Waals surface area contributed by atoms with Gasteiger partial charge in [-0.2, -0.15) is 5.10 Å². The van der Waals surface area contributed by atoms with Gasteiger partial charge in [-0.1, -0.05) is 54.6 Å². The van der Waals surface area contributed by atoms with Crippen molar-refractivity contribution in [1.29, 1.82) is 0 Å². The molecule has 4 rings (SSSR count). The molecule has 0 aliphatic rings. The van der Waals surface area contributed by atoms with Crippen LogP contribution in [0.2, 0.25) is 0 Å². The molecule has 0 radical (unpaired) electrons. The first kappa shape index (κ1) is 14.6. The summed E-state index contributed by atoms with van der Waals surface area (Å²) in [5, 5.41) is 6.60. The highest BCUT2D eigenvalue weighted by Gasteiger charge is 2.20. The fourth-order valence-electron chi connectivity index (χ4n) is 2.60. The third-order valence-electron chi connectivity index (χ3n) is 3.77. The smallest absolute Gasteiger partial charge is 0.206 e. The molecule has 0 saturated heterocycles. The molecule has 4 aromatic rings. The lowest BCUT2D eigenvalue weighted by atomic mass is 10.0. The van der Waals surface area contributed by atoms with E-state index in [0.29, 0.717) is 11.3 Å². The molecule has 0 spiro atoms. The molecule has 4 heteroatoms. The third kappa shape index (κ3) is 2.68. The molecule has 24 heavy (non-hydrogen) atoms. The average molecular weight is 330 g/mol. The number of carbonyl (C=O) groups excluding carboxylic acids is 1. The van der Waals surface area contributed by atoms with Gasteiger partial charge in [-0.05, 0) is 23.6 Å². The molecule has 0 atom stereocenters. The highest BCUT2D eigenvalue weighted by molar-refractivity contribution is 7.12. The number of hydrogen-bond donors (Lipinski definition) is 0. The number of carbonyl (C=O) groups is 1. The molecule has 0 bridgehead atoms. The Morgan fingerprint density at radius 1 is 0.875 bits per heavy atom. The van der Waals surface area contributed by atoms with E-state index in [0.717, 1.165) is 16.1 Å². The average Bonchev–Trinajstić information content (AvgIpc) is 3.33. The van der Waals surface area contributed by atoms with E-state index in [4.69, 9.17) is 0 Å². The van der Waals surface area contributed by atoms with Gasteiger partial charge in [0.1, 0.15) is 5.69 Å². The quantitative estimate of drug-likeness (QED) is 0.502. The lowest BCUT2D eigenvalue weighted by Crippen LogP contribution is -1.99. The largest absolute Gasteiger partial charge is 0.288 e. The SMILES string of the molecule is O=C(c1cccs1)c1cn(-c2ccccc2)nc1-c1ccccc1. The fraction of sp³-hybridized carbons (Fsp3) is 0. The number of benzene rings is 2. The van der Waals surface area contributed by atoms with E-state index in [9.17, 15) is 4.79 Å². The van der Waals surface area contributed by atoms with E-state index in [1.165, 1.54) is 11.3 Å². The van der Waals surface area contributed by atoms with Gasteiger partial charge < -0.3 is 0 Å². The Morgan fingerprint density at radius 3 is 2.25 bits per heavy atom. The van der Waals surface area contributed by atoms with Gasteiger partial charge in [-0.25, -0.2) is 4.68 Å². The molecule has 2 aromatic heterocycles. The molecule has 2 aromatic carbocycles. The van der Waals surface area contributed by atoms with E-state index in [1.54, 1.807) is 4.68 Å². The summed E-state index contributed by atoms with van der Waals surface area (Å²) in [4.78, 5) is 13.6. The Bertz CT molecular complexity index is 958. The monoisotopic (exact) mass is 330 g/mol. The van der Waals surface area contributed by atoms with Gasteiger partial charge >= 0.3 is 0 Å². The summed E-state index contributed by atoms with van der Waals surface area (Å²) in [5.41, 5.74) is 3.19. The fourth-order valence-corrected chi connectivity index (χ4v) is 3.28. The molecule has 116 valence electrons. The second-order valence-electron chi connectivity index (χ2n) is 5.34. The summed E-state index contributed by atoms with van der Waals surface area (Å²) in [6.45, 7) is 0. The van der Waals surface area contributed by atoms with E-state index in [-0.39, 0.29) is 5.78 Å². The van der Waals surface area contributed by atoms with E-state index in [1.807, 2.05) is 84.4 Å². The third-order valence-corrected chi connectivity index (χ3v) is 4.64. The molecule has 0 fully saturated rings. The van der Waals surface area contributed by atoms with E-state index < -0.39 is 0 Å². The first-order valence-corrected chi connectivity index (χ1v) is 8.49. The molecular weight excluding hydrogens is 316 g/mol. The minimum Gasteiger partial charge on any atom is -0.288 e. The van der Waals surface area contributed by atoms with Crippen LogP contribution in [-0.4, -0.2) is 15.6 Å². The van der Waals surface area contributed by atoms with Gasteiger partial charge in [0.05, 0.1) is 16.1 Å². The number of para-hydroxylation sites is 1. The van der Waals surface area contributed by atoms with Gasteiger partial charge in [-0.15, -0.1) is 11.3 Å². The van der Waals surface area contributed by atoms with Gasteiger partial charge in [0.2, 0.25) is 5.78 Å². The molecule has 2 heterocycles. The zero-order chi connectivity index (χ0) is 16.4. The standard InChI is InChI=1S/C20H14N2OS/c23-20(18-12-7-13-24-18)17-14-22(16-10-5-2-6-11-16)21-19(17)15-8-3-1-4-9-15/h1-14H. The Kier molecular flexibility index (Phi) is 3.81. The lowest BCUT2D eigenvalue weighted by molar-refractivity contribution is 0.104. The zero-order valence-electron chi connectivity index (χ0n) is 12.8. The summed E-state index contributed by atoms with van der Waals surface area (Å²) in [5.74, 6) is 0.00559. The van der Waals surface area contributed by atoms with Gasteiger partial charge in [0, 0.05) is 11.8 Å². The summed E-state index contributed by atoms with van der Waals surface area (Å²) in [6.07, 6.45) is 1.82. The van der Waals surface area contributed by atoms with Gasteiger partial charge in [0.15, 0.2) is 0 Å². The summed E-state index contributed by atoms with van der Waals surface area (Å²) < 4.78 is 1.77. The Hall–Kier alpha value is -2.98. The van der Waals surface area contributed by atoms with Crippen LogP contribution in [0.1, 0.15) is 15.2 Å². The normalized spacial score (nSPS) is 10.7. The van der Waals surface area contributed by atoms with E-state index in [2.05, 4.69) is 5.10 Å². The summed E-state index contributed by atoms with van der Waals surface area (Å²) in [6, 6.07) is 23.4. The zero-order valence-corrected chi connectivity index (χ0v) is 13.6. The molecule has 0 aliphatic heterocycles. The predicted molar refractivity (Wildman–Crippen MR) is 96.8 cm³/mol. The first-order valence-electron chi connectivity index (χ1n) is 7.61.